The molecule has 0 saturated carbocycles. The molecule has 0 radical (unpaired) electrons. The van der Waals surface area contributed by atoms with Gasteiger partial charge < -0.3 is 10.2 Å². The van der Waals surface area contributed by atoms with Crippen LogP contribution in [0, 0.1) is 28.8 Å². The zero-order chi connectivity index (χ0) is 27.2. The number of carbonyl (C=O) groups excluding carboxylic acids is 2. The van der Waals surface area contributed by atoms with Crippen LogP contribution >= 0.6 is 0 Å². The van der Waals surface area contributed by atoms with Crippen molar-refractivity contribution < 1.29 is 27.3 Å². The molecule has 1 atom stereocenters. The molecule has 2 amide bonds. The van der Waals surface area contributed by atoms with Gasteiger partial charge in [0, 0.05) is 30.8 Å². The summed E-state index contributed by atoms with van der Waals surface area (Å²) in [5.41, 5.74) is 0.151. The van der Waals surface area contributed by atoms with Crippen molar-refractivity contribution in [2.24, 2.45) is 5.92 Å². The maximum absolute atomic E-state index is 14.4. The topological polar surface area (TPSA) is 130 Å². The molecule has 0 aromatic heterocycles. The second-order valence-electron chi connectivity index (χ2n) is 8.93. The summed E-state index contributed by atoms with van der Waals surface area (Å²) in [4.78, 5) is 38.0. The van der Waals surface area contributed by atoms with Crippen molar-refractivity contribution in [1.29, 1.82) is 0 Å². The van der Waals surface area contributed by atoms with E-state index in [1.54, 1.807) is 13.0 Å². The summed E-state index contributed by atoms with van der Waals surface area (Å²) in [5.74, 6) is -1.69. The summed E-state index contributed by atoms with van der Waals surface area (Å²) in [5, 5.41) is 14.0. The van der Waals surface area contributed by atoms with E-state index in [-0.39, 0.29) is 29.4 Å². The first-order valence-electron chi connectivity index (χ1n) is 11.3. The highest BCUT2D eigenvalue weighted by Crippen LogP contribution is 2.28. The van der Waals surface area contributed by atoms with Gasteiger partial charge in [-0.05, 0) is 31.4 Å². The fraction of sp³-hybridized carbons (Fsp3) is 0.417. The lowest BCUT2D eigenvalue weighted by Gasteiger charge is -2.32. The third-order valence-electron chi connectivity index (χ3n) is 5.50. The van der Waals surface area contributed by atoms with E-state index in [0.29, 0.717) is 12.1 Å². The Morgan fingerprint density at radius 2 is 1.78 bits per heavy atom. The van der Waals surface area contributed by atoms with Crippen molar-refractivity contribution in [2.45, 2.75) is 40.3 Å². The largest absolute Gasteiger partial charge is 0.354 e. The molecule has 36 heavy (non-hydrogen) atoms. The van der Waals surface area contributed by atoms with Crippen LogP contribution in [-0.4, -0.2) is 55.4 Å². The number of halogens is 1. The fourth-order valence-corrected chi connectivity index (χ4v) is 4.32. The van der Waals surface area contributed by atoms with Crippen molar-refractivity contribution in [3.8, 4) is 0 Å². The van der Waals surface area contributed by atoms with E-state index in [4.69, 9.17) is 0 Å². The lowest BCUT2D eigenvalue weighted by Crippen LogP contribution is -2.51. The normalized spacial score (nSPS) is 12.2. The van der Waals surface area contributed by atoms with Crippen LogP contribution in [0.2, 0.25) is 0 Å². The second-order valence-corrected chi connectivity index (χ2v) is 10.8. The quantitative estimate of drug-likeness (QED) is 0.357. The molecular weight excluding hydrogens is 491 g/mol. The van der Waals surface area contributed by atoms with Crippen LogP contribution < -0.4 is 9.62 Å². The zero-order valence-corrected chi connectivity index (χ0v) is 21.7. The summed E-state index contributed by atoms with van der Waals surface area (Å²) in [6.07, 6.45) is 0.874. The van der Waals surface area contributed by atoms with Crippen LogP contribution in [0.4, 0.5) is 15.8 Å². The van der Waals surface area contributed by atoms with Crippen molar-refractivity contribution in [1.82, 2.24) is 10.2 Å². The molecule has 2 rings (SSSR count). The third-order valence-corrected chi connectivity index (χ3v) is 6.63. The summed E-state index contributed by atoms with van der Waals surface area (Å²) in [6.45, 7) is 6.16. The second kappa shape index (κ2) is 11.9. The first kappa shape index (κ1) is 28.7. The molecule has 0 saturated heterocycles. The summed E-state index contributed by atoms with van der Waals surface area (Å²) >= 11 is 0. The Hall–Kier alpha value is -3.54. The number of rotatable bonds is 11. The predicted molar refractivity (Wildman–Crippen MR) is 134 cm³/mol. The number of carbonyl (C=O) groups is 2. The summed E-state index contributed by atoms with van der Waals surface area (Å²) in [6, 6.07) is 8.39. The molecule has 0 unspecified atom stereocenters. The number of hydrogen-bond donors (Lipinski definition) is 1. The van der Waals surface area contributed by atoms with Crippen LogP contribution in [0.5, 0.6) is 0 Å². The van der Waals surface area contributed by atoms with Gasteiger partial charge in [-0.15, -0.1) is 0 Å². The van der Waals surface area contributed by atoms with Gasteiger partial charge in [0.25, 0.3) is 5.69 Å². The molecule has 12 heteroatoms. The molecule has 196 valence electrons. The Morgan fingerprint density at radius 1 is 1.14 bits per heavy atom. The van der Waals surface area contributed by atoms with Gasteiger partial charge in [0.05, 0.1) is 16.9 Å². The number of amides is 2. The summed E-state index contributed by atoms with van der Waals surface area (Å²) in [7, 11) is -4.07. The number of benzene rings is 2. The third kappa shape index (κ3) is 7.48. The lowest BCUT2D eigenvalue weighted by atomic mass is 10.1. The van der Waals surface area contributed by atoms with E-state index >= 15 is 0 Å². The molecule has 0 heterocycles. The number of hydrogen-bond acceptors (Lipinski definition) is 6. The van der Waals surface area contributed by atoms with E-state index in [1.807, 2.05) is 13.8 Å². The van der Waals surface area contributed by atoms with E-state index in [1.165, 1.54) is 37.3 Å². The molecule has 10 nitrogen and oxygen atoms in total. The first-order valence-corrected chi connectivity index (χ1v) is 13.1. The van der Waals surface area contributed by atoms with E-state index < -0.39 is 45.2 Å². The van der Waals surface area contributed by atoms with E-state index in [0.717, 1.165) is 21.5 Å². The highest BCUT2D eigenvalue weighted by atomic mass is 32.2. The van der Waals surface area contributed by atoms with Crippen molar-refractivity contribution in [3.63, 3.8) is 0 Å². The minimum Gasteiger partial charge on any atom is -0.354 e. The van der Waals surface area contributed by atoms with Gasteiger partial charge in [-0.25, -0.2) is 12.8 Å². The zero-order valence-electron chi connectivity index (χ0n) is 20.9. The number of aryl methyl sites for hydroxylation is 1. The maximum atomic E-state index is 14.4. The highest BCUT2D eigenvalue weighted by molar-refractivity contribution is 7.92. The molecule has 0 bridgehead atoms. The minimum absolute atomic E-state index is 0.0391. The van der Waals surface area contributed by atoms with Gasteiger partial charge in [-0.1, -0.05) is 38.1 Å². The maximum Gasteiger partial charge on any atom is 0.271 e. The number of nitro groups is 1. The smallest absolute Gasteiger partial charge is 0.271 e. The number of nitrogens with zero attached hydrogens (tertiary/aromatic N) is 3. The number of sulfonamides is 1. The van der Waals surface area contributed by atoms with Gasteiger partial charge in [-0.2, -0.15) is 0 Å². The van der Waals surface area contributed by atoms with Crippen molar-refractivity contribution >= 4 is 33.2 Å². The first-order chi connectivity index (χ1) is 16.7. The Bertz CT molecular complexity index is 1230. The van der Waals surface area contributed by atoms with Crippen molar-refractivity contribution in [2.75, 3.05) is 23.7 Å². The van der Waals surface area contributed by atoms with E-state index in [9.17, 15) is 32.5 Å². The predicted octanol–water partition coefficient (Wildman–Crippen LogP) is 3.00. The van der Waals surface area contributed by atoms with Crippen LogP contribution in [-0.2, 0) is 26.2 Å². The SMILES string of the molecule is Cc1ccc([N+](=O)[O-])cc1N(CC(=O)N(Cc1ccccc1F)[C@@H](C)C(=O)NCC(C)C)S(C)(=O)=O. The Labute approximate surface area is 210 Å². The van der Waals surface area contributed by atoms with Crippen LogP contribution in [0.3, 0.4) is 0 Å². The van der Waals surface area contributed by atoms with Crippen molar-refractivity contribution in [3.05, 3.63) is 69.5 Å². The molecule has 2 aromatic carbocycles. The van der Waals surface area contributed by atoms with Crippen LogP contribution in [0.25, 0.3) is 0 Å². The number of nitrogens with one attached hydrogen (secondary N) is 1. The fourth-order valence-electron chi connectivity index (χ4n) is 3.42. The molecule has 0 aliphatic carbocycles. The molecule has 0 fully saturated rings. The molecule has 0 aliphatic heterocycles. The molecule has 2 aromatic rings. The van der Waals surface area contributed by atoms with Gasteiger partial charge in [0.1, 0.15) is 18.4 Å². The Balaban J connectivity index is 2.47. The molecule has 1 N–H and O–H groups in total. The van der Waals surface area contributed by atoms with Gasteiger partial charge >= 0.3 is 0 Å². The number of nitro benzene ring substituents is 1. The summed E-state index contributed by atoms with van der Waals surface area (Å²) < 4.78 is 40.5. The highest BCUT2D eigenvalue weighted by Gasteiger charge is 2.31. The van der Waals surface area contributed by atoms with Crippen LogP contribution in [0.15, 0.2) is 42.5 Å². The lowest BCUT2D eigenvalue weighted by molar-refractivity contribution is -0.384. The molecule has 0 spiro atoms. The molecular formula is C24H31FN4O6S. The Kier molecular flexibility index (Phi) is 9.51. The van der Waals surface area contributed by atoms with Gasteiger partial charge in [0.15, 0.2) is 0 Å². The van der Waals surface area contributed by atoms with Gasteiger partial charge in [0.2, 0.25) is 21.8 Å². The average molecular weight is 523 g/mol. The van der Waals surface area contributed by atoms with Crippen LogP contribution in [0.1, 0.15) is 31.9 Å². The molecule has 0 aliphatic rings. The standard InChI is InChI=1S/C24H31FN4O6S/c1-16(2)13-26-24(31)18(4)27(14-19-8-6-7-9-21(19)25)23(30)15-28(36(5,34)35)22-12-20(29(32)33)11-10-17(22)3/h6-12,16,18H,13-15H2,1-5H3,(H,26,31)/t18-/m0/s1. The minimum atomic E-state index is -4.07. The van der Waals surface area contributed by atoms with Gasteiger partial charge in [-0.3, -0.25) is 24.0 Å². The Morgan fingerprint density at radius 3 is 2.33 bits per heavy atom. The number of non-ortho nitro benzene ring substituents is 1. The van der Waals surface area contributed by atoms with E-state index in [2.05, 4.69) is 5.32 Å². The monoisotopic (exact) mass is 522 g/mol. The number of anilines is 1. The average Bonchev–Trinajstić information content (AvgIpc) is 2.79.